The lowest BCUT2D eigenvalue weighted by atomic mass is 9.98. The second-order valence-electron chi connectivity index (χ2n) is 6.36. The summed E-state index contributed by atoms with van der Waals surface area (Å²) in [5, 5.41) is 13.0. The number of rotatable bonds is 6. The number of aromatic nitrogens is 1. The van der Waals surface area contributed by atoms with Crippen LogP contribution >= 0.6 is 0 Å². The van der Waals surface area contributed by atoms with Gasteiger partial charge in [0, 0.05) is 18.5 Å². The van der Waals surface area contributed by atoms with Crippen molar-refractivity contribution >= 4 is 5.91 Å². The van der Waals surface area contributed by atoms with Crippen molar-refractivity contribution in [3.63, 3.8) is 0 Å². The number of benzene rings is 1. The second-order valence-corrected chi connectivity index (χ2v) is 6.36. The molecule has 1 aliphatic carbocycles. The molecular formula is C18H21FN2O3. The van der Waals surface area contributed by atoms with Crippen LogP contribution in [0.25, 0.3) is 11.5 Å². The summed E-state index contributed by atoms with van der Waals surface area (Å²) in [4.78, 5) is 16.2. The van der Waals surface area contributed by atoms with Crippen LogP contribution in [0.4, 0.5) is 4.39 Å². The fourth-order valence-corrected chi connectivity index (χ4v) is 3.05. The van der Waals surface area contributed by atoms with Gasteiger partial charge in [0.05, 0.1) is 17.7 Å². The lowest BCUT2D eigenvalue weighted by Gasteiger charge is -2.20. The first-order chi connectivity index (χ1) is 11.5. The zero-order valence-electron chi connectivity index (χ0n) is 13.4. The van der Waals surface area contributed by atoms with Gasteiger partial charge < -0.3 is 14.8 Å². The van der Waals surface area contributed by atoms with Gasteiger partial charge in [0.15, 0.2) is 0 Å². The number of carbonyl (C=O) groups excluding carboxylic acids is 1. The van der Waals surface area contributed by atoms with E-state index < -0.39 is 5.60 Å². The smallest absolute Gasteiger partial charge is 0.226 e. The zero-order valence-corrected chi connectivity index (χ0v) is 13.4. The van der Waals surface area contributed by atoms with E-state index in [1.54, 1.807) is 12.1 Å². The Morgan fingerprint density at radius 3 is 2.71 bits per heavy atom. The highest BCUT2D eigenvalue weighted by atomic mass is 19.1. The number of aliphatic hydroxyl groups is 1. The van der Waals surface area contributed by atoms with Crippen LogP contribution in [0.1, 0.15) is 37.8 Å². The Balaban J connectivity index is 1.47. The number of oxazole rings is 1. The van der Waals surface area contributed by atoms with Crippen molar-refractivity contribution < 1.29 is 18.7 Å². The van der Waals surface area contributed by atoms with Crippen LogP contribution in [-0.4, -0.2) is 28.1 Å². The molecule has 1 aromatic heterocycles. The SMILES string of the molecule is O=C(CC1(O)CCCC1)NCCc1coc(-c2ccc(F)cc2)n1. The number of nitrogens with one attached hydrogen (secondary N) is 1. The Kier molecular flexibility index (Phi) is 4.94. The van der Waals surface area contributed by atoms with Crippen LogP contribution in [0.3, 0.4) is 0 Å². The van der Waals surface area contributed by atoms with Crippen molar-refractivity contribution in [1.29, 1.82) is 0 Å². The maximum absolute atomic E-state index is 12.9. The Labute approximate surface area is 139 Å². The van der Waals surface area contributed by atoms with Gasteiger partial charge in [-0.2, -0.15) is 0 Å². The molecule has 24 heavy (non-hydrogen) atoms. The van der Waals surface area contributed by atoms with Crippen LogP contribution in [0.2, 0.25) is 0 Å². The van der Waals surface area contributed by atoms with E-state index in [0.29, 0.717) is 43.0 Å². The van der Waals surface area contributed by atoms with Gasteiger partial charge in [-0.3, -0.25) is 4.79 Å². The lowest BCUT2D eigenvalue weighted by molar-refractivity contribution is -0.125. The van der Waals surface area contributed by atoms with Gasteiger partial charge >= 0.3 is 0 Å². The summed E-state index contributed by atoms with van der Waals surface area (Å²) in [5.41, 5.74) is 0.595. The maximum atomic E-state index is 12.9. The first kappa shape index (κ1) is 16.6. The summed E-state index contributed by atoms with van der Waals surface area (Å²) in [7, 11) is 0. The predicted octanol–water partition coefficient (Wildman–Crippen LogP) is 2.83. The summed E-state index contributed by atoms with van der Waals surface area (Å²) in [5.74, 6) is -0.0181. The molecule has 0 radical (unpaired) electrons. The Bertz CT molecular complexity index is 691. The topological polar surface area (TPSA) is 75.4 Å². The van der Waals surface area contributed by atoms with Gasteiger partial charge in [0.1, 0.15) is 12.1 Å². The first-order valence-corrected chi connectivity index (χ1v) is 8.24. The molecule has 2 aromatic rings. The van der Waals surface area contributed by atoms with E-state index in [0.717, 1.165) is 12.8 Å². The molecule has 0 saturated heterocycles. The van der Waals surface area contributed by atoms with Crippen molar-refractivity contribution in [2.24, 2.45) is 0 Å². The Morgan fingerprint density at radius 2 is 2.00 bits per heavy atom. The minimum Gasteiger partial charge on any atom is -0.444 e. The molecule has 128 valence electrons. The van der Waals surface area contributed by atoms with E-state index in [1.165, 1.54) is 18.4 Å². The highest BCUT2D eigenvalue weighted by Gasteiger charge is 2.33. The number of nitrogens with zero attached hydrogens (tertiary/aromatic N) is 1. The van der Waals surface area contributed by atoms with Crippen LogP contribution in [0.5, 0.6) is 0 Å². The molecule has 5 nitrogen and oxygen atoms in total. The molecule has 0 unspecified atom stereocenters. The van der Waals surface area contributed by atoms with Crippen molar-refractivity contribution in [2.75, 3.05) is 6.54 Å². The average molecular weight is 332 g/mol. The van der Waals surface area contributed by atoms with E-state index >= 15 is 0 Å². The van der Waals surface area contributed by atoms with Crippen LogP contribution in [0, 0.1) is 5.82 Å². The third-order valence-electron chi connectivity index (χ3n) is 4.37. The highest BCUT2D eigenvalue weighted by Crippen LogP contribution is 2.32. The molecule has 0 bridgehead atoms. The standard InChI is InChI=1S/C18H21FN2O3/c19-14-5-3-13(4-6-14)17-21-15(12-24-17)7-10-20-16(22)11-18(23)8-1-2-9-18/h3-6,12,23H,1-2,7-11H2,(H,20,22). The molecule has 2 N–H and O–H groups in total. The largest absolute Gasteiger partial charge is 0.444 e. The number of carbonyl (C=O) groups is 1. The summed E-state index contributed by atoms with van der Waals surface area (Å²) in [6.45, 7) is 0.435. The third-order valence-corrected chi connectivity index (χ3v) is 4.37. The van der Waals surface area contributed by atoms with E-state index in [4.69, 9.17) is 4.42 Å². The monoisotopic (exact) mass is 332 g/mol. The summed E-state index contributed by atoms with van der Waals surface area (Å²) >= 11 is 0. The molecule has 0 spiro atoms. The molecule has 1 aliphatic rings. The van der Waals surface area contributed by atoms with E-state index in [-0.39, 0.29) is 18.1 Å². The molecular weight excluding hydrogens is 311 g/mol. The van der Waals surface area contributed by atoms with Crippen molar-refractivity contribution in [3.05, 3.63) is 42.0 Å². The normalized spacial score (nSPS) is 16.2. The van der Waals surface area contributed by atoms with Gasteiger partial charge in [-0.05, 0) is 37.1 Å². The van der Waals surface area contributed by atoms with Gasteiger partial charge in [0.2, 0.25) is 11.8 Å². The van der Waals surface area contributed by atoms with Crippen LogP contribution in [-0.2, 0) is 11.2 Å². The van der Waals surface area contributed by atoms with Crippen LogP contribution < -0.4 is 5.32 Å². The molecule has 1 aromatic carbocycles. The van der Waals surface area contributed by atoms with Crippen molar-refractivity contribution in [3.8, 4) is 11.5 Å². The van der Waals surface area contributed by atoms with Crippen LogP contribution in [0.15, 0.2) is 34.9 Å². The number of hydrogen-bond donors (Lipinski definition) is 2. The molecule has 1 saturated carbocycles. The number of hydrogen-bond acceptors (Lipinski definition) is 4. The molecule has 6 heteroatoms. The Hall–Kier alpha value is -2.21. The second kappa shape index (κ2) is 7.13. The minimum atomic E-state index is -0.826. The van der Waals surface area contributed by atoms with Gasteiger partial charge in [-0.25, -0.2) is 9.37 Å². The maximum Gasteiger partial charge on any atom is 0.226 e. The van der Waals surface area contributed by atoms with E-state index in [1.807, 2.05) is 0 Å². The molecule has 1 fully saturated rings. The fourth-order valence-electron chi connectivity index (χ4n) is 3.05. The number of halogens is 1. The van der Waals surface area contributed by atoms with E-state index in [2.05, 4.69) is 10.3 Å². The molecule has 1 amide bonds. The number of amides is 1. The fraction of sp³-hybridized carbons (Fsp3) is 0.444. The van der Waals surface area contributed by atoms with Gasteiger partial charge in [-0.1, -0.05) is 12.8 Å². The Morgan fingerprint density at radius 1 is 1.29 bits per heavy atom. The first-order valence-electron chi connectivity index (χ1n) is 8.24. The van der Waals surface area contributed by atoms with Gasteiger partial charge in [-0.15, -0.1) is 0 Å². The third kappa shape index (κ3) is 4.20. The van der Waals surface area contributed by atoms with Crippen molar-refractivity contribution in [2.45, 2.75) is 44.1 Å². The van der Waals surface area contributed by atoms with Gasteiger partial charge in [0.25, 0.3) is 0 Å². The highest BCUT2D eigenvalue weighted by molar-refractivity contribution is 5.77. The summed E-state index contributed by atoms with van der Waals surface area (Å²) < 4.78 is 18.3. The van der Waals surface area contributed by atoms with E-state index in [9.17, 15) is 14.3 Å². The summed E-state index contributed by atoms with van der Waals surface area (Å²) in [6, 6.07) is 5.92. The zero-order chi connectivity index (χ0) is 17.0. The lowest BCUT2D eigenvalue weighted by Crippen LogP contribution is -2.35. The minimum absolute atomic E-state index is 0.137. The molecule has 3 rings (SSSR count). The van der Waals surface area contributed by atoms with Crippen molar-refractivity contribution in [1.82, 2.24) is 10.3 Å². The molecule has 1 heterocycles. The summed E-state index contributed by atoms with van der Waals surface area (Å²) in [6.07, 6.45) is 5.59. The molecule has 0 aliphatic heterocycles. The molecule has 0 atom stereocenters. The quantitative estimate of drug-likeness (QED) is 0.853. The average Bonchev–Trinajstić information content (AvgIpc) is 3.17. The predicted molar refractivity (Wildman–Crippen MR) is 86.6 cm³/mol.